The van der Waals surface area contributed by atoms with Gasteiger partial charge in [0.05, 0.1) is 0 Å². The van der Waals surface area contributed by atoms with E-state index in [1.54, 1.807) is 0 Å². The van der Waals surface area contributed by atoms with Gasteiger partial charge in [0.25, 0.3) is 0 Å². The number of unbranched alkanes of at least 4 members (excludes halogenated alkanes) is 1. The lowest BCUT2D eigenvalue weighted by Gasteiger charge is -2.26. The number of hydrogen-bond donors (Lipinski definition) is 4. The van der Waals surface area contributed by atoms with E-state index in [4.69, 9.17) is 15.8 Å². The van der Waals surface area contributed by atoms with Crippen molar-refractivity contribution in [2.45, 2.75) is 57.1 Å². The van der Waals surface area contributed by atoms with Crippen molar-refractivity contribution in [2.75, 3.05) is 6.54 Å². The van der Waals surface area contributed by atoms with E-state index >= 15 is 0 Å². The van der Waals surface area contributed by atoms with Gasteiger partial charge in [-0.1, -0.05) is 37.1 Å². The Morgan fingerprint density at radius 3 is 2.25 bits per heavy atom. The molecule has 1 aromatic rings. The minimum Gasteiger partial charge on any atom is -0.480 e. The maximum Gasteiger partial charge on any atom is 0.451 e. The van der Waals surface area contributed by atoms with E-state index in [1.807, 2.05) is 12.1 Å². The van der Waals surface area contributed by atoms with E-state index in [9.17, 15) is 9.90 Å². The fraction of sp³-hybridized carbons (Fsp3) is 0.588. The Bertz CT molecular complexity index is 530. The molecule has 0 saturated heterocycles. The standard InChI is InChI=1S/C17H27BN2O4/c19-17(16(21)22,8-3-4-10-18(23)24)9-5-11-20-12-14-6-1-2-7-15(14)13-20/h1-2,6-7,23-24H,3-5,8-13,19H2,(H,21,22). The molecule has 2 rings (SSSR count). The number of hydrogen-bond acceptors (Lipinski definition) is 5. The predicted molar refractivity (Wildman–Crippen MR) is 93.2 cm³/mol. The first-order valence-electron chi connectivity index (χ1n) is 8.58. The van der Waals surface area contributed by atoms with Gasteiger partial charge in [-0.3, -0.25) is 9.69 Å². The van der Waals surface area contributed by atoms with Gasteiger partial charge in [0.1, 0.15) is 5.54 Å². The van der Waals surface area contributed by atoms with Crippen molar-refractivity contribution >= 4 is 13.1 Å². The summed E-state index contributed by atoms with van der Waals surface area (Å²) in [4.78, 5) is 13.8. The highest BCUT2D eigenvalue weighted by atomic mass is 16.4. The summed E-state index contributed by atoms with van der Waals surface area (Å²) in [6.45, 7) is 2.65. The van der Waals surface area contributed by atoms with E-state index in [0.717, 1.165) is 26.1 Å². The second kappa shape index (κ2) is 8.62. The molecule has 1 aromatic carbocycles. The van der Waals surface area contributed by atoms with Gasteiger partial charge in [0.2, 0.25) is 0 Å². The van der Waals surface area contributed by atoms with Crippen LogP contribution in [-0.2, 0) is 17.9 Å². The van der Waals surface area contributed by atoms with Gasteiger partial charge < -0.3 is 20.9 Å². The Morgan fingerprint density at radius 2 is 1.71 bits per heavy atom. The Hall–Kier alpha value is -1.41. The van der Waals surface area contributed by atoms with Gasteiger partial charge in [-0.15, -0.1) is 0 Å². The molecule has 24 heavy (non-hydrogen) atoms. The molecule has 0 saturated carbocycles. The number of nitrogens with two attached hydrogens (primary N) is 1. The van der Waals surface area contributed by atoms with Crippen LogP contribution in [0.2, 0.25) is 6.32 Å². The van der Waals surface area contributed by atoms with Crippen molar-refractivity contribution in [1.82, 2.24) is 4.90 Å². The van der Waals surface area contributed by atoms with Crippen molar-refractivity contribution in [3.8, 4) is 0 Å². The lowest BCUT2D eigenvalue weighted by molar-refractivity contribution is -0.144. The minimum atomic E-state index is -1.33. The quantitative estimate of drug-likeness (QED) is 0.378. The van der Waals surface area contributed by atoms with Crippen molar-refractivity contribution in [1.29, 1.82) is 0 Å². The summed E-state index contributed by atoms with van der Waals surface area (Å²) < 4.78 is 0. The number of carboxylic acids is 1. The maximum atomic E-state index is 11.5. The third kappa shape index (κ3) is 5.31. The summed E-state index contributed by atoms with van der Waals surface area (Å²) in [6.07, 6.45) is 2.91. The molecule has 0 bridgehead atoms. The second-order valence-corrected chi connectivity index (χ2v) is 6.77. The lowest BCUT2D eigenvalue weighted by atomic mass is 9.81. The SMILES string of the molecule is NC(CCCCB(O)O)(CCCN1Cc2ccccc2C1)C(=O)O. The zero-order valence-electron chi connectivity index (χ0n) is 14.0. The highest BCUT2D eigenvalue weighted by molar-refractivity contribution is 6.40. The van der Waals surface area contributed by atoms with E-state index in [2.05, 4.69) is 17.0 Å². The van der Waals surface area contributed by atoms with Gasteiger partial charge in [-0.25, -0.2) is 0 Å². The Labute approximate surface area is 143 Å². The third-order valence-corrected chi connectivity index (χ3v) is 4.76. The number of rotatable bonds is 10. The van der Waals surface area contributed by atoms with Gasteiger partial charge in [0, 0.05) is 13.1 Å². The molecule has 132 valence electrons. The van der Waals surface area contributed by atoms with E-state index < -0.39 is 18.6 Å². The predicted octanol–water partition coefficient (Wildman–Crippen LogP) is 1.21. The molecule has 1 aliphatic rings. The molecule has 1 unspecified atom stereocenters. The third-order valence-electron chi connectivity index (χ3n) is 4.76. The van der Waals surface area contributed by atoms with Crippen LogP contribution < -0.4 is 5.73 Å². The Balaban J connectivity index is 1.74. The van der Waals surface area contributed by atoms with E-state index in [0.29, 0.717) is 25.7 Å². The number of carbonyl (C=O) groups is 1. The zero-order valence-corrected chi connectivity index (χ0v) is 14.0. The van der Waals surface area contributed by atoms with Gasteiger partial charge in [0.15, 0.2) is 0 Å². The average molecular weight is 334 g/mol. The molecule has 5 N–H and O–H groups in total. The summed E-state index contributed by atoms with van der Waals surface area (Å²) >= 11 is 0. The molecule has 1 aliphatic heterocycles. The van der Waals surface area contributed by atoms with Crippen molar-refractivity contribution < 1.29 is 19.9 Å². The molecule has 0 radical (unpaired) electrons. The van der Waals surface area contributed by atoms with Crippen LogP contribution in [0.3, 0.4) is 0 Å². The summed E-state index contributed by atoms with van der Waals surface area (Å²) in [6, 6.07) is 8.35. The normalized spacial score (nSPS) is 16.6. The molecular weight excluding hydrogens is 307 g/mol. The monoisotopic (exact) mass is 334 g/mol. The number of nitrogens with zero attached hydrogens (tertiary/aromatic N) is 1. The van der Waals surface area contributed by atoms with Gasteiger partial charge in [-0.05, 0) is 43.3 Å². The van der Waals surface area contributed by atoms with Crippen LogP contribution in [0.15, 0.2) is 24.3 Å². The van der Waals surface area contributed by atoms with Crippen LogP contribution in [0.1, 0.15) is 43.2 Å². The summed E-state index contributed by atoms with van der Waals surface area (Å²) in [7, 11) is -1.33. The van der Waals surface area contributed by atoms with Crippen LogP contribution in [0.5, 0.6) is 0 Å². The van der Waals surface area contributed by atoms with Crippen LogP contribution in [0, 0.1) is 0 Å². The summed E-state index contributed by atoms with van der Waals surface area (Å²) in [5.74, 6) is -0.975. The molecule has 0 amide bonds. The molecule has 0 aliphatic carbocycles. The highest BCUT2D eigenvalue weighted by Gasteiger charge is 2.33. The number of benzene rings is 1. The first-order chi connectivity index (χ1) is 11.4. The van der Waals surface area contributed by atoms with Crippen molar-refractivity contribution in [3.05, 3.63) is 35.4 Å². The first-order valence-corrected chi connectivity index (χ1v) is 8.58. The molecule has 6 nitrogen and oxygen atoms in total. The number of carboxylic acid groups (broad SMARTS) is 1. The van der Waals surface area contributed by atoms with Gasteiger partial charge >= 0.3 is 13.1 Å². The van der Waals surface area contributed by atoms with Crippen LogP contribution >= 0.6 is 0 Å². The van der Waals surface area contributed by atoms with Gasteiger partial charge in [-0.2, -0.15) is 0 Å². The second-order valence-electron chi connectivity index (χ2n) is 6.77. The van der Waals surface area contributed by atoms with Crippen LogP contribution in [-0.4, -0.2) is 45.2 Å². The maximum absolute atomic E-state index is 11.5. The molecule has 0 aromatic heterocycles. The van der Waals surface area contributed by atoms with Crippen molar-refractivity contribution in [3.63, 3.8) is 0 Å². The van der Waals surface area contributed by atoms with Crippen molar-refractivity contribution in [2.24, 2.45) is 5.73 Å². The van der Waals surface area contributed by atoms with Crippen LogP contribution in [0.25, 0.3) is 0 Å². The summed E-state index contributed by atoms with van der Waals surface area (Å²) in [5.41, 5.74) is 7.54. The Kier molecular flexibility index (Phi) is 6.80. The van der Waals surface area contributed by atoms with Crippen LogP contribution in [0.4, 0.5) is 0 Å². The minimum absolute atomic E-state index is 0.252. The first kappa shape index (κ1) is 18.9. The smallest absolute Gasteiger partial charge is 0.451 e. The largest absolute Gasteiger partial charge is 0.480 e. The number of fused-ring (bicyclic) bond motifs is 1. The fourth-order valence-corrected chi connectivity index (χ4v) is 3.29. The average Bonchev–Trinajstić information content (AvgIpc) is 2.94. The molecule has 0 spiro atoms. The molecule has 7 heteroatoms. The summed E-state index contributed by atoms with van der Waals surface area (Å²) in [5, 5.41) is 27.1. The molecular formula is C17H27BN2O4. The highest BCUT2D eigenvalue weighted by Crippen LogP contribution is 2.24. The molecule has 1 heterocycles. The lowest BCUT2D eigenvalue weighted by Crippen LogP contribution is -2.48. The van der Waals surface area contributed by atoms with E-state index in [-0.39, 0.29) is 6.32 Å². The molecule has 0 fully saturated rings. The zero-order chi connectivity index (χ0) is 17.6. The molecule has 1 atom stereocenters. The Morgan fingerprint density at radius 1 is 1.12 bits per heavy atom. The number of aliphatic carboxylic acids is 1. The fourth-order valence-electron chi connectivity index (χ4n) is 3.29. The topological polar surface area (TPSA) is 107 Å². The van der Waals surface area contributed by atoms with E-state index in [1.165, 1.54) is 11.1 Å².